The molecule has 1 fully saturated rings. The van der Waals surface area contributed by atoms with Gasteiger partial charge in [0, 0.05) is 30.5 Å². The molecule has 2 aromatic heterocycles. The first-order valence-corrected chi connectivity index (χ1v) is 10.5. The van der Waals surface area contributed by atoms with Crippen LogP contribution in [0.15, 0.2) is 35.8 Å². The predicted octanol–water partition coefficient (Wildman–Crippen LogP) is 1.88. The summed E-state index contributed by atoms with van der Waals surface area (Å²) in [6.07, 6.45) is 2.81. The molecule has 0 radical (unpaired) electrons. The minimum Gasteiger partial charge on any atom is -0.347 e. The van der Waals surface area contributed by atoms with Crippen LogP contribution in [0.4, 0.5) is 5.82 Å². The molecule has 0 unspecified atom stereocenters. The summed E-state index contributed by atoms with van der Waals surface area (Å²) in [7, 11) is 0. The van der Waals surface area contributed by atoms with Crippen LogP contribution in [0.5, 0.6) is 0 Å². The third-order valence-corrected chi connectivity index (χ3v) is 6.43. The smallest absolute Gasteiger partial charge is 0.256 e. The summed E-state index contributed by atoms with van der Waals surface area (Å²) in [6, 6.07) is 7.24. The highest BCUT2D eigenvalue weighted by Gasteiger charge is 2.41. The molecule has 1 spiro atoms. The van der Waals surface area contributed by atoms with E-state index in [1.807, 2.05) is 24.4 Å². The maximum absolute atomic E-state index is 12.6. The summed E-state index contributed by atoms with van der Waals surface area (Å²) in [5, 5.41) is 11.2. The molecule has 0 bridgehead atoms. The van der Waals surface area contributed by atoms with Gasteiger partial charge in [0.15, 0.2) is 0 Å². The van der Waals surface area contributed by atoms with Crippen molar-refractivity contribution in [2.45, 2.75) is 37.9 Å². The molecule has 0 aromatic carbocycles. The van der Waals surface area contributed by atoms with Gasteiger partial charge in [-0.05, 0) is 36.9 Å². The number of amides is 3. The van der Waals surface area contributed by atoms with E-state index in [2.05, 4.69) is 20.9 Å². The van der Waals surface area contributed by atoms with Gasteiger partial charge in [-0.1, -0.05) is 6.07 Å². The predicted molar refractivity (Wildman–Crippen MR) is 109 cm³/mol. The lowest BCUT2D eigenvalue weighted by Gasteiger charge is -2.39. The highest BCUT2D eigenvalue weighted by atomic mass is 32.1. The third kappa shape index (κ3) is 4.09. The number of rotatable bonds is 4. The zero-order valence-corrected chi connectivity index (χ0v) is 16.9. The number of carbonyl (C=O) groups is 3. The van der Waals surface area contributed by atoms with Crippen molar-refractivity contribution in [1.29, 1.82) is 0 Å². The summed E-state index contributed by atoms with van der Waals surface area (Å²) in [5.74, 6) is 0.0430. The average molecular weight is 414 g/mol. The van der Waals surface area contributed by atoms with E-state index < -0.39 is 5.66 Å². The fourth-order valence-corrected chi connectivity index (χ4v) is 4.51. The van der Waals surface area contributed by atoms with Gasteiger partial charge in [-0.25, -0.2) is 4.98 Å². The van der Waals surface area contributed by atoms with Gasteiger partial charge in [-0.15, -0.1) is 11.3 Å². The second-order valence-electron chi connectivity index (χ2n) is 7.43. The topological polar surface area (TPSA) is 103 Å². The van der Waals surface area contributed by atoms with Gasteiger partial charge in [0.2, 0.25) is 11.8 Å². The molecule has 4 rings (SSSR count). The molecule has 3 amide bonds. The van der Waals surface area contributed by atoms with Crippen molar-refractivity contribution < 1.29 is 14.4 Å². The Bertz CT molecular complexity index is 932. The van der Waals surface area contributed by atoms with Crippen molar-refractivity contribution in [3.8, 4) is 0 Å². The van der Waals surface area contributed by atoms with Crippen molar-refractivity contribution in [2.24, 2.45) is 0 Å². The summed E-state index contributed by atoms with van der Waals surface area (Å²) in [4.78, 5) is 44.5. The first kappa shape index (κ1) is 19.4. The summed E-state index contributed by atoms with van der Waals surface area (Å²) in [5.41, 5.74) is -0.240. The van der Waals surface area contributed by atoms with Crippen LogP contribution in [0, 0.1) is 0 Å². The lowest BCUT2D eigenvalue weighted by Crippen LogP contribution is -2.58. The van der Waals surface area contributed by atoms with Gasteiger partial charge < -0.3 is 20.9 Å². The van der Waals surface area contributed by atoms with Crippen molar-refractivity contribution in [3.05, 3.63) is 46.3 Å². The highest BCUT2D eigenvalue weighted by Crippen LogP contribution is 2.30. The monoisotopic (exact) mass is 413 g/mol. The lowest BCUT2D eigenvalue weighted by atomic mass is 9.97. The van der Waals surface area contributed by atoms with Gasteiger partial charge in [0.05, 0.1) is 18.2 Å². The molecular weight excluding hydrogens is 390 g/mol. The fourth-order valence-electron chi connectivity index (χ4n) is 3.77. The molecule has 9 heteroatoms. The quantitative estimate of drug-likeness (QED) is 0.710. The number of nitrogens with one attached hydrogen (secondary N) is 3. The van der Waals surface area contributed by atoms with E-state index in [9.17, 15) is 14.4 Å². The summed E-state index contributed by atoms with van der Waals surface area (Å²) < 4.78 is 0. The number of hydrogen-bond acceptors (Lipinski definition) is 6. The van der Waals surface area contributed by atoms with Crippen molar-refractivity contribution in [3.63, 3.8) is 0 Å². The maximum atomic E-state index is 12.6. The number of thiophene rings is 1. The van der Waals surface area contributed by atoms with Crippen LogP contribution >= 0.6 is 11.3 Å². The number of carbonyl (C=O) groups excluding carboxylic acids is 3. The van der Waals surface area contributed by atoms with E-state index in [4.69, 9.17) is 0 Å². The Labute approximate surface area is 172 Å². The number of pyridine rings is 1. The molecule has 0 saturated carbocycles. The van der Waals surface area contributed by atoms with Crippen LogP contribution in [0.3, 0.4) is 0 Å². The van der Waals surface area contributed by atoms with Gasteiger partial charge >= 0.3 is 0 Å². The van der Waals surface area contributed by atoms with E-state index in [1.165, 1.54) is 0 Å². The van der Waals surface area contributed by atoms with Crippen molar-refractivity contribution >= 4 is 34.9 Å². The van der Waals surface area contributed by atoms with E-state index >= 15 is 0 Å². The number of likely N-dealkylation sites (tertiary alicyclic amines) is 1. The fraction of sp³-hybridized carbons (Fsp3) is 0.400. The minimum absolute atomic E-state index is 0.00735. The summed E-state index contributed by atoms with van der Waals surface area (Å²) in [6.45, 7) is 2.30. The molecule has 2 atom stereocenters. The van der Waals surface area contributed by atoms with E-state index in [0.717, 1.165) is 4.88 Å². The van der Waals surface area contributed by atoms with Gasteiger partial charge in [0.1, 0.15) is 11.5 Å². The Morgan fingerprint density at radius 3 is 2.97 bits per heavy atom. The van der Waals surface area contributed by atoms with Crippen LogP contribution in [0.1, 0.15) is 47.5 Å². The van der Waals surface area contributed by atoms with E-state index in [-0.39, 0.29) is 36.7 Å². The standard InChI is InChI=1S/C20H23N5O3S/c1-13(15-5-3-11-29-15)22-16(26)12-25-10-8-20(7-6-17(25)27)23-18-14(19(28)24-20)4-2-9-21-18/h2-5,9,11,13H,6-8,10,12H2,1H3,(H,21,23)(H,22,26)(H,24,28)/t13-,20+/m1/s1. The zero-order chi connectivity index (χ0) is 20.4. The number of hydrogen-bond donors (Lipinski definition) is 3. The van der Waals surface area contributed by atoms with E-state index in [1.54, 1.807) is 34.6 Å². The van der Waals surface area contributed by atoms with Crippen molar-refractivity contribution in [2.75, 3.05) is 18.4 Å². The molecule has 29 heavy (non-hydrogen) atoms. The Morgan fingerprint density at radius 1 is 1.31 bits per heavy atom. The van der Waals surface area contributed by atoms with Crippen LogP contribution in [0.25, 0.3) is 0 Å². The molecule has 4 heterocycles. The number of nitrogens with zero attached hydrogens (tertiary/aromatic N) is 2. The molecular formula is C20H23N5O3S. The minimum atomic E-state index is -0.733. The van der Waals surface area contributed by atoms with Crippen LogP contribution in [-0.4, -0.2) is 46.4 Å². The molecule has 2 aliphatic heterocycles. The second-order valence-corrected chi connectivity index (χ2v) is 8.41. The molecule has 2 aromatic rings. The van der Waals surface area contributed by atoms with E-state index in [0.29, 0.717) is 30.8 Å². The normalized spacial score (nSPS) is 22.3. The SMILES string of the molecule is C[C@@H](NC(=O)CN1CC[C@]2(CCC1=O)NC(=O)c1cccnc1N2)c1cccs1. The Balaban J connectivity index is 1.40. The molecule has 3 N–H and O–H groups in total. The summed E-state index contributed by atoms with van der Waals surface area (Å²) >= 11 is 1.58. The maximum Gasteiger partial charge on any atom is 0.256 e. The second kappa shape index (κ2) is 7.82. The van der Waals surface area contributed by atoms with Crippen LogP contribution in [0.2, 0.25) is 0 Å². The van der Waals surface area contributed by atoms with Gasteiger partial charge in [-0.3, -0.25) is 14.4 Å². The average Bonchev–Trinajstić information content (AvgIpc) is 3.20. The van der Waals surface area contributed by atoms with Crippen LogP contribution < -0.4 is 16.0 Å². The first-order chi connectivity index (χ1) is 14.0. The van der Waals surface area contributed by atoms with Gasteiger partial charge in [-0.2, -0.15) is 0 Å². The molecule has 152 valence electrons. The van der Waals surface area contributed by atoms with Crippen LogP contribution in [-0.2, 0) is 9.59 Å². The molecule has 2 aliphatic rings. The number of anilines is 1. The Kier molecular flexibility index (Phi) is 5.23. The Morgan fingerprint density at radius 2 is 2.17 bits per heavy atom. The molecule has 0 aliphatic carbocycles. The molecule has 8 nitrogen and oxygen atoms in total. The largest absolute Gasteiger partial charge is 0.347 e. The molecule has 1 saturated heterocycles. The van der Waals surface area contributed by atoms with Gasteiger partial charge in [0.25, 0.3) is 5.91 Å². The highest BCUT2D eigenvalue weighted by molar-refractivity contribution is 7.10. The number of fused-ring (bicyclic) bond motifs is 1. The Hall–Kier alpha value is -2.94. The third-order valence-electron chi connectivity index (χ3n) is 5.37. The number of aromatic nitrogens is 1. The van der Waals surface area contributed by atoms with Crippen molar-refractivity contribution in [1.82, 2.24) is 20.5 Å². The first-order valence-electron chi connectivity index (χ1n) is 9.62. The lowest BCUT2D eigenvalue weighted by molar-refractivity contribution is -0.135. The zero-order valence-electron chi connectivity index (χ0n) is 16.1.